The van der Waals surface area contributed by atoms with E-state index in [1.807, 2.05) is 0 Å². The van der Waals surface area contributed by atoms with E-state index in [9.17, 15) is 4.79 Å². The van der Waals surface area contributed by atoms with Gasteiger partial charge in [-0.2, -0.15) is 0 Å². The Morgan fingerprint density at radius 2 is 2.07 bits per heavy atom. The van der Waals surface area contributed by atoms with Crippen molar-refractivity contribution in [3.8, 4) is 0 Å². The molecule has 0 saturated carbocycles. The number of unbranched alkanes of at least 4 members (excludes halogenated alkanes) is 1. The molecule has 1 fully saturated rings. The third-order valence-electron chi connectivity index (χ3n) is 1.31. The van der Waals surface area contributed by atoms with Crippen molar-refractivity contribution in [3.05, 3.63) is 12.8 Å². The Labute approximate surface area is 83.3 Å². The molecule has 1 aliphatic heterocycles. The maximum atomic E-state index is 9.80. The molecular formula is C9H16O5. The summed E-state index contributed by atoms with van der Waals surface area (Å²) in [5.41, 5.74) is 0. The second-order valence-electron chi connectivity index (χ2n) is 2.42. The van der Waals surface area contributed by atoms with Gasteiger partial charge in [0.15, 0.2) is 0 Å². The molecule has 1 rings (SSSR count). The Morgan fingerprint density at radius 3 is 2.43 bits per heavy atom. The van der Waals surface area contributed by atoms with Gasteiger partial charge in [-0.1, -0.05) is 6.58 Å². The van der Waals surface area contributed by atoms with Crippen LogP contribution in [0, 0.1) is 0 Å². The highest BCUT2D eigenvalue weighted by Gasteiger charge is 2.09. The molecule has 0 amide bonds. The van der Waals surface area contributed by atoms with Gasteiger partial charge in [0.2, 0.25) is 0 Å². The van der Waals surface area contributed by atoms with Gasteiger partial charge < -0.3 is 19.3 Å². The minimum atomic E-state index is -0.546. The van der Waals surface area contributed by atoms with Crippen molar-refractivity contribution in [2.75, 3.05) is 26.4 Å². The van der Waals surface area contributed by atoms with Crippen LogP contribution in [0.15, 0.2) is 12.8 Å². The second-order valence-corrected chi connectivity index (χ2v) is 2.42. The molecule has 5 heteroatoms. The quantitative estimate of drug-likeness (QED) is 0.412. The summed E-state index contributed by atoms with van der Waals surface area (Å²) in [7, 11) is 0. The molecule has 1 heterocycles. The molecule has 0 spiro atoms. The fourth-order valence-corrected chi connectivity index (χ4v) is 0.672. The van der Waals surface area contributed by atoms with E-state index in [0.29, 0.717) is 19.8 Å². The summed E-state index contributed by atoms with van der Waals surface area (Å²) in [6.45, 7) is 5.13. The molecule has 0 aromatic carbocycles. The fourth-order valence-electron chi connectivity index (χ4n) is 0.672. The number of aliphatic hydroxyl groups excluding tert-OH is 1. The summed E-state index contributed by atoms with van der Waals surface area (Å²) in [5, 5.41) is 8.28. The van der Waals surface area contributed by atoms with Gasteiger partial charge in [-0.15, -0.1) is 0 Å². The molecule has 0 aromatic rings. The van der Waals surface area contributed by atoms with Crippen molar-refractivity contribution in [2.45, 2.75) is 12.8 Å². The van der Waals surface area contributed by atoms with E-state index in [1.165, 1.54) is 6.26 Å². The topological polar surface area (TPSA) is 65.0 Å². The number of ether oxygens (including phenoxy) is 3. The minimum Gasteiger partial charge on any atom is -0.502 e. The molecule has 0 atom stereocenters. The second kappa shape index (κ2) is 9.85. The standard InChI is InChI=1S/C6H12O2.C3H4O3/c1-2-8-6-4-3-5-7;4-3-5-1-2-6-3/h2,7H,1,3-6H2;1-2H2. The molecule has 0 bridgehead atoms. The lowest BCUT2D eigenvalue weighted by atomic mass is 10.3. The summed E-state index contributed by atoms with van der Waals surface area (Å²) in [4.78, 5) is 9.80. The first-order valence-corrected chi connectivity index (χ1v) is 4.44. The first kappa shape index (κ1) is 12.8. The number of carbonyl (C=O) groups excluding carboxylic acids is 1. The lowest BCUT2D eigenvalue weighted by Gasteiger charge is -1.95. The zero-order valence-electron chi connectivity index (χ0n) is 8.11. The molecule has 0 aliphatic carbocycles. The van der Waals surface area contributed by atoms with E-state index in [4.69, 9.17) is 9.84 Å². The first-order chi connectivity index (χ1) is 6.81. The van der Waals surface area contributed by atoms with Gasteiger partial charge in [0, 0.05) is 6.61 Å². The number of hydrogen-bond donors (Lipinski definition) is 1. The Kier molecular flexibility index (Phi) is 8.99. The summed E-state index contributed by atoms with van der Waals surface area (Å²) >= 11 is 0. The van der Waals surface area contributed by atoms with Crippen LogP contribution < -0.4 is 0 Å². The van der Waals surface area contributed by atoms with E-state index in [1.54, 1.807) is 0 Å². The summed E-state index contributed by atoms with van der Waals surface area (Å²) in [6, 6.07) is 0. The maximum Gasteiger partial charge on any atom is 0.508 e. The fraction of sp³-hybridized carbons (Fsp3) is 0.667. The number of hydrogen-bond acceptors (Lipinski definition) is 5. The Balaban J connectivity index is 0.000000249. The first-order valence-electron chi connectivity index (χ1n) is 4.44. The van der Waals surface area contributed by atoms with Gasteiger partial charge in [-0.05, 0) is 12.8 Å². The van der Waals surface area contributed by atoms with Crippen LogP contribution in [0.5, 0.6) is 0 Å². The molecule has 0 unspecified atom stereocenters. The Bertz CT molecular complexity index is 149. The van der Waals surface area contributed by atoms with Crippen molar-refractivity contribution in [1.82, 2.24) is 0 Å². The molecule has 1 saturated heterocycles. The van der Waals surface area contributed by atoms with E-state index < -0.39 is 6.16 Å². The highest BCUT2D eigenvalue weighted by molar-refractivity contribution is 5.61. The van der Waals surface area contributed by atoms with E-state index in [0.717, 1.165) is 12.8 Å². The zero-order valence-corrected chi connectivity index (χ0v) is 8.11. The SMILES string of the molecule is C=COCCCCO.O=C1OCCO1. The van der Waals surface area contributed by atoms with E-state index >= 15 is 0 Å². The van der Waals surface area contributed by atoms with Gasteiger partial charge in [0.05, 0.1) is 12.9 Å². The number of carbonyl (C=O) groups is 1. The summed E-state index contributed by atoms with van der Waals surface area (Å²) < 4.78 is 13.4. The van der Waals surface area contributed by atoms with Crippen molar-refractivity contribution in [2.24, 2.45) is 0 Å². The van der Waals surface area contributed by atoms with Crippen LogP contribution in [0.3, 0.4) is 0 Å². The Hall–Kier alpha value is -1.23. The largest absolute Gasteiger partial charge is 0.508 e. The molecule has 1 N–H and O–H groups in total. The minimum absolute atomic E-state index is 0.250. The molecule has 14 heavy (non-hydrogen) atoms. The normalized spacial score (nSPS) is 13.4. The predicted molar refractivity (Wildman–Crippen MR) is 49.8 cm³/mol. The highest BCUT2D eigenvalue weighted by atomic mass is 16.8. The average Bonchev–Trinajstić information content (AvgIpc) is 2.65. The van der Waals surface area contributed by atoms with Crippen LogP contribution in [-0.2, 0) is 14.2 Å². The molecule has 0 radical (unpaired) electrons. The summed E-state index contributed by atoms with van der Waals surface area (Å²) in [6.07, 6.45) is 2.59. The lowest BCUT2D eigenvalue weighted by Crippen LogP contribution is -1.89. The lowest BCUT2D eigenvalue weighted by molar-refractivity contribution is 0.131. The summed E-state index contributed by atoms with van der Waals surface area (Å²) in [5.74, 6) is 0. The van der Waals surface area contributed by atoms with Crippen LogP contribution in [0.4, 0.5) is 4.79 Å². The molecule has 1 aliphatic rings. The van der Waals surface area contributed by atoms with Gasteiger partial charge in [-0.25, -0.2) is 4.79 Å². The van der Waals surface area contributed by atoms with Gasteiger partial charge in [0.1, 0.15) is 13.2 Å². The van der Waals surface area contributed by atoms with Gasteiger partial charge in [-0.3, -0.25) is 0 Å². The maximum absolute atomic E-state index is 9.80. The third-order valence-corrected chi connectivity index (χ3v) is 1.31. The molecule has 82 valence electrons. The predicted octanol–water partition coefficient (Wildman–Crippen LogP) is 1.07. The number of aliphatic hydroxyl groups is 1. The Morgan fingerprint density at radius 1 is 1.43 bits per heavy atom. The van der Waals surface area contributed by atoms with E-state index in [2.05, 4.69) is 16.1 Å². The molecule has 5 nitrogen and oxygen atoms in total. The monoisotopic (exact) mass is 204 g/mol. The van der Waals surface area contributed by atoms with Crippen molar-refractivity contribution in [3.63, 3.8) is 0 Å². The van der Waals surface area contributed by atoms with E-state index in [-0.39, 0.29) is 6.61 Å². The van der Waals surface area contributed by atoms with Crippen molar-refractivity contribution < 1.29 is 24.1 Å². The molecular weight excluding hydrogens is 188 g/mol. The van der Waals surface area contributed by atoms with Gasteiger partial charge in [0.25, 0.3) is 0 Å². The number of cyclic esters (lactones) is 2. The molecule has 0 aromatic heterocycles. The van der Waals surface area contributed by atoms with Gasteiger partial charge >= 0.3 is 6.16 Å². The van der Waals surface area contributed by atoms with Crippen LogP contribution in [0.1, 0.15) is 12.8 Å². The van der Waals surface area contributed by atoms with Crippen LogP contribution in [-0.4, -0.2) is 37.7 Å². The smallest absolute Gasteiger partial charge is 0.502 e. The van der Waals surface area contributed by atoms with Crippen LogP contribution >= 0.6 is 0 Å². The third kappa shape index (κ3) is 8.86. The zero-order chi connectivity index (χ0) is 10.6. The average molecular weight is 204 g/mol. The number of rotatable bonds is 5. The van der Waals surface area contributed by atoms with Crippen molar-refractivity contribution >= 4 is 6.16 Å². The highest BCUT2D eigenvalue weighted by Crippen LogP contribution is 1.92. The van der Waals surface area contributed by atoms with Crippen molar-refractivity contribution in [1.29, 1.82) is 0 Å². The van der Waals surface area contributed by atoms with Crippen LogP contribution in [0.25, 0.3) is 0 Å². The van der Waals surface area contributed by atoms with Crippen LogP contribution in [0.2, 0.25) is 0 Å².